The highest BCUT2D eigenvalue weighted by Gasteiger charge is 2.23. The van der Waals surface area contributed by atoms with Crippen LogP contribution in [-0.2, 0) is 0 Å². The number of benzene rings is 1. The molecule has 3 aromatic rings. The van der Waals surface area contributed by atoms with Crippen LogP contribution in [-0.4, -0.2) is 34.6 Å². The lowest BCUT2D eigenvalue weighted by atomic mass is 10.0. The zero-order chi connectivity index (χ0) is 14.9. The highest BCUT2D eigenvalue weighted by molar-refractivity contribution is 9.10. The number of hydrogen-bond acceptors (Lipinski definition) is 4. The van der Waals surface area contributed by atoms with Crippen LogP contribution < -0.4 is 10.2 Å². The molecule has 1 aliphatic rings. The largest absolute Gasteiger partial charge is 0.367 e. The van der Waals surface area contributed by atoms with Crippen LogP contribution in [0.3, 0.4) is 0 Å². The van der Waals surface area contributed by atoms with Crippen LogP contribution in [0, 0.1) is 0 Å². The van der Waals surface area contributed by atoms with Crippen LogP contribution >= 0.6 is 15.9 Å². The smallest absolute Gasteiger partial charge is 0.179 e. The highest BCUT2D eigenvalue weighted by Crippen LogP contribution is 2.29. The summed E-state index contributed by atoms with van der Waals surface area (Å²) >= 11 is 3.66. The second-order valence-electron chi connectivity index (χ2n) is 5.41. The summed E-state index contributed by atoms with van der Waals surface area (Å²) in [6.07, 6.45) is 3.53. The molecule has 4 rings (SSSR count). The van der Waals surface area contributed by atoms with Crippen LogP contribution in [0.25, 0.3) is 11.2 Å². The van der Waals surface area contributed by atoms with Gasteiger partial charge in [-0.2, -0.15) is 0 Å². The van der Waals surface area contributed by atoms with E-state index in [-0.39, 0.29) is 0 Å². The molecule has 22 heavy (non-hydrogen) atoms. The third-order valence-electron chi connectivity index (χ3n) is 4.10. The van der Waals surface area contributed by atoms with E-state index in [0.717, 1.165) is 35.3 Å². The zero-order valence-corrected chi connectivity index (χ0v) is 13.5. The minimum atomic E-state index is 0.301. The third kappa shape index (κ3) is 2.38. The third-order valence-corrected chi connectivity index (χ3v) is 4.82. The molecule has 3 heterocycles. The van der Waals surface area contributed by atoms with Gasteiger partial charge in [-0.15, -0.1) is 0 Å². The van der Waals surface area contributed by atoms with Gasteiger partial charge in [0.1, 0.15) is 5.52 Å². The Bertz CT molecular complexity index is 800. The number of imidazole rings is 1. The first-order chi connectivity index (χ1) is 10.8. The molecule has 1 aliphatic heterocycles. The Morgan fingerprint density at radius 1 is 1.18 bits per heavy atom. The molecule has 1 fully saturated rings. The maximum Gasteiger partial charge on any atom is 0.179 e. The number of pyridine rings is 1. The van der Waals surface area contributed by atoms with E-state index in [9.17, 15) is 0 Å². The second-order valence-corrected chi connectivity index (χ2v) is 6.26. The zero-order valence-electron chi connectivity index (χ0n) is 12.0. The fourth-order valence-electron chi connectivity index (χ4n) is 3.03. The van der Waals surface area contributed by atoms with Crippen molar-refractivity contribution in [2.24, 2.45) is 0 Å². The summed E-state index contributed by atoms with van der Waals surface area (Å²) < 4.78 is 1.15. The monoisotopic (exact) mass is 357 g/mol. The van der Waals surface area contributed by atoms with Gasteiger partial charge in [0.05, 0.1) is 18.1 Å². The van der Waals surface area contributed by atoms with E-state index in [4.69, 9.17) is 0 Å². The Hall–Kier alpha value is -1.92. The van der Waals surface area contributed by atoms with Gasteiger partial charge in [-0.05, 0) is 17.7 Å². The Morgan fingerprint density at radius 3 is 3.00 bits per heavy atom. The fourth-order valence-corrected chi connectivity index (χ4v) is 3.59. The topological polar surface area (TPSA) is 56.8 Å². The number of aromatic nitrogens is 3. The minimum Gasteiger partial charge on any atom is -0.367 e. The van der Waals surface area contributed by atoms with Crippen molar-refractivity contribution in [2.45, 2.75) is 6.04 Å². The van der Waals surface area contributed by atoms with Gasteiger partial charge in [-0.25, -0.2) is 9.97 Å². The van der Waals surface area contributed by atoms with Crippen molar-refractivity contribution >= 4 is 32.8 Å². The predicted molar refractivity (Wildman–Crippen MR) is 91.0 cm³/mol. The number of halogens is 1. The number of rotatable bonds is 2. The summed E-state index contributed by atoms with van der Waals surface area (Å²) in [6.45, 7) is 2.84. The summed E-state index contributed by atoms with van der Waals surface area (Å²) in [5.41, 5.74) is 4.24. The molecule has 2 aromatic heterocycles. The molecule has 0 unspecified atom stereocenters. The molecule has 2 N–H and O–H groups in total. The lowest BCUT2D eigenvalue weighted by molar-refractivity contribution is 0.471. The molecular weight excluding hydrogens is 342 g/mol. The first-order valence-corrected chi connectivity index (χ1v) is 8.13. The molecule has 0 aliphatic carbocycles. The number of hydrogen-bond donors (Lipinski definition) is 2. The van der Waals surface area contributed by atoms with Crippen molar-refractivity contribution in [3.63, 3.8) is 0 Å². The van der Waals surface area contributed by atoms with Gasteiger partial charge in [0.2, 0.25) is 0 Å². The van der Waals surface area contributed by atoms with E-state index in [0.29, 0.717) is 6.04 Å². The fraction of sp³-hybridized carbons (Fsp3) is 0.250. The SMILES string of the molecule is Brc1ccccc1[C@@H]1CN(c2ccnc3nc[nH]c23)CCN1. The van der Waals surface area contributed by atoms with E-state index < -0.39 is 0 Å². The van der Waals surface area contributed by atoms with Gasteiger partial charge in [-0.1, -0.05) is 34.1 Å². The average Bonchev–Trinajstić information content (AvgIpc) is 3.04. The Labute approximate surface area is 136 Å². The van der Waals surface area contributed by atoms with E-state index in [2.05, 4.69) is 65.4 Å². The first-order valence-electron chi connectivity index (χ1n) is 7.34. The van der Waals surface area contributed by atoms with Crippen LogP contribution in [0.1, 0.15) is 11.6 Å². The van der Waals surface area contributed by atoms with Crippen molar-refractivity contribution in [1.82, 2.24) is 20.3 Å². The standard InChI is InChI=1S/C16H16BrN5/c17-12-4-2-1-3-11(12)13-9-22(8-7-18-13)14-5-6-19-16-15(14)20-10-21-16/h1-6,10,13,18H,7-9H2,(H,19,20,21)/t13-/m0/s1. The summed E-state index contributed by atoms with van der Waals surface area (Å²) in [4.78, 5) is 14.1. The molecule has 112 valence electrons. The van der Waals surface area contributed by atoms with Crippen molar-refractivity contribution < 1.29 is 0 Å². The van der Waals surface area contributed by atoms with Crippen LogP contribution in [0.2, 0.25) is 0 Å². The molecule has 0 radical (unpaired) electrons. The van der Waals surface area contributed by atoms with Gasteiger partial charge in [0.15, 0.2) is 5.65 Å². The number of aromatic amines is 1. The maximum atomic E-state index is 4.30. The maximum absolute atomic E-state index is 4.30. The van der Waals surface area contributed by atoms with E-state index in [1.165, 1.54) is 11.3 Å². The number of H-pyrrole nitrogens is 1. The van der Waals surface area contributed by atoms with E-state index in [1.807, 2.05) is 12.3 Å². The minimum absolute atomic E-state index is 0.301. The average molecular weight is 358 g/mol. The van der Waals surface area contributed by atoms with Crippen LogP contribution in [0.5, 0.6) is 0 Å². The summed E-state index contributed by atoms with van der Waals surface area (Å²) in [7, 11) is 0. The molecule has 1 atom stereocenters. The normalized spacial score (nSPS) is 18.8. The number of fused-ring (bicyclic) bond motifs is 1. The molecule has 0 saturated carbocycles. The summed E-state index contributed by atoms with van der Waals surface area (Å²) in [6, 6.07) is 10.8. The molecular formula is C16H16BrN5. The van der Waals surface area contributed by atoms with E-state index in [1.54, 1.807) is 6.33 Å². The first kappa shape index (κ1) is 13.7. The van der Waals surface area contributed by atoms with Gasteiger partial charge in [-0.3, -0.25) is 0 Å². The molecule has 0 spiro atoms. The van der Waals surface area contributed by atoms with E-state index >= 15 is 0 Å². The van der Waals surface area contributed by atoms with Gasteiger partial charge < -0.3 is 15.2 Å². The molecule has 1 aromatic carbocycles. The van der Waals surface area contributed by atoms with Crippen molar-refractivity contribution in [2.75, 3.05) is 24.5 Å². The number of nitrogens with zero attached hydrogens (tertiary/aromatic N) is 3. The molecule has 1 saturated heterocycles. The van der Waals surface area contributed by atoms with Gasteiger partial charge in [0.25, 0.3) is 0 Å². The van der Waals surface area contributed by atoms with Crippen molar-refractivity contribution in [3.8, 4) is 0 Å². The summed E-state index contributed by atoms with van der Waals surface area (Å²) in [5, 5.41) is 3.60. The predicted octanol–water partition coefficient (Wildman–Crippen LogP) is 2.87. The van der Waals surface area contributed by atoms with Crippen molar-refractivity contribution in [3.05, 3.63) is 52.9 Å². The Balaban J connectivity index is 1.67. The van der Waals surface area contributed by atoms with Gasteiger partial charge in [0, 0.05) is 30.3 Å². The van der Waals surface area contributed by atoms with Crippen LogP contribution in [0.4, 0.5) is 5.69 Å². The number of nitrogens with one attached hydrogen (secondary N) is 2. The van der Waals surface area contributed by atoms with Gasteiger partial charge >= 0.3 is 0 Å². The Kier molecular flexibility index (Phi) is 3.56. The number of piperazine rings is 1. The second kappa shape index (κ2) is 5.70. The molecule has 0 amide bonds. The lowest BCUT2D eigenvalue weighted by Gasteiger charge is -2.36. The number of anilines is 1. The molecule has 0 bridgehead atoms. The lowest BCUT2D eigenvalue weighted by Crippen LogP contribution is -2.46. The molecule has 5 nitrogen and oxygen atoms in total. The summed E-state index contributed by atoms with van der Waals surface area (Å²) in [5.74, 6) is 0. The quantitative estimate of drug-likeness (QED) is 0.740. The molecule has 6 heteroatoms. The Morgan fingerprint density at radius 2 is 2.09 bits per heavy atom. The van der Waals surface area contributed by atoms with Crippen LogP contribution in [0.15, 0.2) is 47.3 Å². The highest BCUT2D eigenvalue weighted by atomic mass is 79.9. The van der Waals surface area contributed by atoms with Crippen molar-refractivity contribution in [1.29, 1.82) is 0 Å².